The topological polar surface area (TPSA) is 94.8 Å². The van der Waals surface area contributed by atoms with Crippen LogP contribution in [0.15, 0.2) is 67.0 Å². The summed E-state index contributed by atoms with van der Waals surface area (Å²) < 4.78 is 60.3. The monoisotopic (exact) mass is 444 g/mol. The van der Waals surface area contributed by atoms with Crippen LogP contribution < -0.4 is 10.1 Å². The van der Waals surface area contributed by atoms with Crippen LogP contribution in [0.3, 0.4) is 0 Å². The van der Waals surface area contributed by atoms with Crippen LogP contribution in [0, 0.1) is 5.82 Å². The summed E-state index contributed by atoms with van der Waals surface area (Å²) in [4.78, 5) is 20.3. The predicted molar refractivity (Wildman–Crippen MR) is 103 cm³/mol. The number of alkyl halides is 3. The van der Waals surface area contributed by atoms with E-state index in [-0.39, 0.29) is 17.4 Å². The first-order valence-electron chi connectivity index (χ1n) is 8.96. The molecule has 0 radical (unpaired) electrons. The van der Waals surface area contributed by atoms with Crippen molar-refractivity contribution < 1.29 is 27.1 Å². The molecule has 12 heteroatoms. The highest BCUT2D eigenvalue weighted by Crippen LogP contribution is 2.33. The SMILES string of the molecule is O=C(Nc1ccc(Oc2ncccn2)cc1)c1nnn(-c2cccc(F)c2)c1C(F)(F)F. The first-order chi connectivity index (χ1) is 15.3. The van der Waals surface area contributed by atoms with E-state index in [1.165, 1.54) is 48.8 Å². The summed E-state index contributed by atoms with van der Waals surface area (Å²) in [5.74, 6) is -1.55. The van der Waals surface area contributed by atoms with Crippen molar-refractivity contribution in [2.24, 2.45) is 0 Å². The molecule has 8 nitrogen and oxygen atoms in total. The molecule has 4 rings (SSSR count). The summed E-state index contributed by atoms with van der Waals surface area (Å²) in [5, 5.41) is 9.10. The molecule has 162 valence electrons. The molecule has 0 saturated carbocycles. The van der Waals surface area contributed by atoms with E-state index in [2.05, 4.69) is 25.6 Å². The Morgan fingerprint density at radius 3 is 2.38 bits per heavy atom. The van der Waals surface area contributed by atoms with Gasteiger partial charge in [0.1, 0.15) is 11.6 Å². The fourth-order valence-electron chi connectivity index (χ4n) is 2.72. The first kappa shape index (κ1) is 20.9. The van der Waals surface area contributed by atoms with Crippen molar-refractivity contribution >= 4 is 11.6 Å². The van der Waals surface area contributed by atoms with Crippen molar-refractivity contribution in [3.8, 4) is 17.4 Å². The van der Waals surface area contributed by atoms with Crippen molar-refractivity contribution in [1.29, 1.82) is 0 Å². The summed E-state index contributed by atoms with van der Waals surface area (Å²) in [6, 6.07) is 11.8. The van der Waals surface area contributed by atoms with E-state index in [0.717, 1.165) is 12.1 Å². The van der Waals surface area contributed by atoms with Crippen LogP contribution in [-0.2, 0) is 6.18 Å². The van der Waals surface area contributed by atoms with Gasteiger partial charge in [-0.05, 0) is 48.5 Å². The van der Waals surface area contributed by atoms with Crippen LogP contribution in [0.4, 0.5) is 23.2 Å². The highest BCUT2D eigenvalue weighted by atomic mass is 19.4. The molecule has 2 aromatic carbocycles. The number of amides is 1. The summed E-state index contributed by atoms with van der Waals surface area (Å²) in [7, 11) is 0. The van der Waals surface area contributed by atoms with Crippen molar-refractivity contribution in [3.05, 3.63) is 84.2 Å². The average molecular weight is 444 g/mol. The van der Waals surface area contributed by atoms with Gasteiger partial charge in [-0.2, -0.15) is 13.2 Å². The zero-order chi connectivity index (χ0) is 22.7. The van der Waals surface area contributed by atoms with E-state index in [0.29, 0.717) is 10.4 Å². The Hall–Kier alpha value is -4.35. The van der Waals surface area contributed by atoms with E-state index in [4.69, 9.17) is 4.74 Å². The summed E-state index contributed by atoms with van der Waals surface area (Å²) in [6.07, 6.45) is -1.99. The third-order valence-corrected chi connectivity index (χ3v) is 4.07. The third-order valence-electron chi connectivity index (χ3n) is 4.07. The zero-order valence-electron chi connectivity index (χ0n) is 15.9. The zero-order valence-corrected chi connectivity index (χ0v) is 15.9. The van der Waals surface area contributed by atoms with Crippen molar-refractivity contribution in [1.82, 2.24) is 25.0 Å². The Balaban J connectivity index is 1.57. The minimum atomic E-state index is -4.98. The van der Waals surface area contributed by atoms with Crippen LogP contribution in [0.1, 0.15) is 16.2 Å². The lowest BCUT2D eigenvalue weighted by Gasteiger charge is -2.11. The molecule has 1 amide bonds. The molecular formula is C20H12F4N6O2. The third kappa shape index (κ3) is 4.53. The maximum Gasteiger partial charge on any atom is 0.435 e. The Morgan fingerprint density at radius 2 is 1.72 bits per heavy atom. The second-order valence-electron chi connectivity index (χ2n) is 6.29. The quantitative estimate of drug-likeness (QED) is 0.463. The van der Waals surface area contributed by atoms with Gasteiger partial charge < -0.3 is 10.1 Å². The highest BCUT2D eigenvalue weighted by Gasteiger charge is 2.42. The lowest BCUT2D eigenvalue weighted by Crippen LogP contribution is -2.21. The maximum atomic E-state index is 13.7. The van der Waals surface area contributed by atoms with E-state index in [1.807, 2.05) is 0 Å². The molecule has 0 atom stereocenters. The summed E-state index contributed by atoms with van der Waals surface area (Å²) in [6.45, 7) is 0. The van der Waals surface area contributed by atoms with Gasteiger partial charge >= 0.3 is 12.2 Å². The van der Waals surface area contributed by atoms with E-state index in [9.17, 15) is 22.4 Å². The molecule has 0 fully saturated rings. The minimum Gasteiger partial charge on any atom is -0.424 e. The first-order valence-corrected chi connectivity index (χ1v) is 8.96. The number of rotatable bonds is 5. The Labute approximate surface area is 177 Å². The van der Waals surface area contributed by atoms with E-state index in [1.54, 1.807) is 6.07 Å². The number of nitrogens with one attached hydrogen (secondary N) is 1. The Kier molecular flexibility index (Phi) is 5.50. The van der Waals surface area contributed by atoms with Crippen molar-refractivity contribution in [2.45, 2.75) is 6.18 Å². The number of hydrogen-bond acceptors (Lipinski definition) is 6. The van der Waals surface area contributed by atoms with Crippen LogP contribution in [0.25, 0.3) is 5.69 Å². The molecule has 0 spiro atoms. The fourth-order valence-corrected chi connectivity index (χ4v) is 2.72. The molecular weight excluding hydrogens is 432 g/mol. The van der Waals surface area contributed by atoms with Crippen LogP contribution >= 0.6 is 0 Å². The smallest absolute Gasteiger partial charge is 0.424 e. The molecule has 0 unspecified atom stereocenters. The second kappa shape index (κ2) is 8.41. The lowest BCUT2D eigenvalue weighted by atomic mass is 10.2. The number of carbonyl (C=O) groups excluding carboxylic acids is 1. The van der Waals surface area contributed by atoms with Gasteiger partial charge in [0.15, 0.2) is 11.4 Å². The summed E-state index contributed by atoms with van der Waals surface area (Å²) >= 11 is 0. The molecule has 0 aliphatic heterocycles. The van der Waals surface area contributed by atoms with Crippen LogP contribution in [0.2, 0.25) is 0 Å². The van der Waals surface area contributed by atoms with Gasteiger partial charge in [-0.1, -0.05) is 11.3 Å². The number of carbonyl (C=O) groups is 1. The molecule has 0 saturated heterocycles. The second-order valence-corrected chi connectivity index (χ2v) is 6.29. The maximum absolute atomic E-state index is 13.7. The number of nitrogens with zero attached hydrogens (tertiary/aromatic N) is 5. The molecule has 2 heterocycles. The molecule has 0 aliphatic rings. The molecule has 4 aromatic rings. The number of anilines is 1. The van der Waals surface area contributed by atoms with Crippen LogP contribution in [0.5, 0.6) is 11.8 Å². The minimum absolute atomic E-state index is 0.105. The highest BCUT2D eigenvalue weighted by molar-refractivity contribution is 6.03. The molecule has 32 heavy (non-hydrogen) atoms. The van der Waals surface area contributed by atoms with Gasteiger partial charge in [0.25, 0.3) is 5.91 Å². The largest absolute Gasteiger partial charge is 0.435 e. The number of hydrogen-bond donors (Lipinski definition) is 1. The van der Waals surface area contributed by atoms with Crippen molar-refractivity contribution in [3.63, 3.8) is 0 Å². The molecule has 0 aliphatic carbocycles. The van der Waals surface area contributed by atoms with E-state index >= 15 is 0 Å². The van der Waals surface area contributed by atoms with Crippen LogP contribution in [-0.4, -0.2) is 30.9 Å². The molecule has 2 aromatic heterocycles. The average Bonchev–Trinajstić information content (AvgIpc) is 3.22. The lowest BCUT2D eigenvalue weighted by molar-refractivity contribution is -0.143. The summed E-state index contributed by atoms with van der Waals surface area (Å²) in [5.41, 5.74) is -2.43. The van der Waals surface area contributed by atoms with Gasteiger partial charge in [-0.3, -0.25) is 4.79 Å². The number of benzene rings is 2. The number of aromatic nitrogens is 5. The van der Waals surface area contributed by atoms with Crippen molar-refractivity contribution in [2.75, 3.05) is 5.32 Å². The van der Waals surface area contributed by atoms with Gasteiger partial charge in [0.2, 0.25) is 0 Å². The molecule has 1 N–H and O–H groups in total. The Bertz CT molecular complexity index is 1240. The standard InChI is InChI=1S/C20H12F4N6O2/c21-12-3-1-4-14(11-12)30-17(20(22,23)24)16(28-29-30)18(31)27-13-5-7-15(8-6-13)32-19-25-9-2-10-26-19/h1-11H,(H,27,31). The van der Waals surface area contributed by atoms with Gasteiger partial charge in [0.05, 0.1) is 5.69 Å². The van der Waals surface area contributed by atoms with E-state index < -0.39 is 29.3 Å². The van der Waals surface area contributed by atoms with Gasteiger partial charge in [-0.15, -0.1) is 5.10 Å². The normalized spacial score (nSPS) is 11.2. The number of ether oxygens (including phenoxy) is 1. The number of halogens is 4. The Morgan fingerprint density at radius 1 is 1.00 bits per heavy atom. The predicted octanol–water partition coefficient (Wildman–Crippen LogP) is 4.26. The fraction of sp³-hybridized carbons (Fsp3) is 0.0500. The van der Waals surface area contributed by atoms with Gasteiger partial charge in [0, 0.05) is 18.1 Å². The van der Waals surface area contributed by atoms with Gasteiger partial charge in [-0.25, -0.2) is 19.0 Å². The molecule has 0 bridgehead atoms.